The number of nitrogens with zero attached hydrogens (tertiary/aromatic N) is 3. The topological polar surface area (TPSA) is 91.6 Å². The van der Waals surface area contributed by atoms with Crippen molar-refractivity contribution in [2.45, 2.75) is 104 Å². The summed E-state index contributed by atoms with van der Waals surface area (Å²) in [6, 6.07) is 12.4. The third kappa shape index (κ3) is 7.67. The lowest BCUT2D eigenvalue weighted by Crippen LogP contribution is -2.45. The molecule has 51 heavy (non-hydrogen) atoms. The van der Waals surface area contributed by atoms with Crippen LogP contribution >= 0.6 is 0 Å². The van der Waals surface area contributed by atoms with Crippen molar-refractivity contribution in [3.05, 3.63) is 71.2 Å². The van der Waals surface area contributed by atoms with Crippen LogP contribution in [-0.2, 0) is 19.0 Å². The summed E-state index contributed by atoms with van der Waals surface area (Å²) in [6.45, 7) is 15.2. The van der Waals surface area contributed by atoms with Crippen LogP contribution in [0.5, 0.6) is 5.75 Å². The molecule has 6 bridgehead atoms. The summed E-state index contributed by atoms with van der Waals surface area (Å²) in [7, 11) is 1.35. The number of esters is 1. The molecule has 3 aliphatic heterocycles. The number of carbonyl (C=O) groups excluding carboxylic acids is 2. The number of ketones is 1. The second-order valence-corrected chi connectivity index (χ2v) is 15.2. The van der Waals surface area contributed by atoms with Crippen LogP contribution in [0.25, 0.3) is 28.0 Å². The van der Waals surface area contributed by atoms with Gasteiger partial charge in [-0.2, -0.15) is 0 Å². The third-order valence-electron chi connectivity index (χ3n) is 9.99. The zero-order valence-corrected chi connectivity index (χ0v) is 31.1. The Morgan fingerprint density at radius 1 is 1.08 bits per heavy atom. The van der Waals surface area contributed by atoms with E-state index < -0.39 is 17.7 Å². The maximum absolute atomic E-state index is 14.7. The van der Waals surface area contributed by atoms with Gasteiger partial charge < -0.3 is 23.8 Å². The Balaban J connectivity index is 1.62. The van der Waals surface area contributed by atoms with Crippen molar-refractivity contribution in [1.29, 1.82) is 0 Å². The second kappa shape index (κ2) is 14.4. The molecule has 3 aliphatic rings. The second-order valence-electron chi connectivity index (χ2n) is 15.2. The Morgan fingerprint density at radius 2 is 1.80 bits per heavy atom. The van der Waals surface area contributed by atoms with Gasteiger partial charge in [0, 0.05) is 42.6 Å². The molecule has 1 saturated heterocycles. The maximum Gasteiger partial charge on any atom is 0.339 e. The van der Waals surface area contributed by atoms with Crippen LogP contribution in [0.2, 0.25) is 0 Å². The Kier molecular flexibility index (Phi) is 10.3. The molecule has 1 fully saturated rings. The molecule has 0 aliphatic carbocycles. The number of anilines is 1. The van der Waals surface area contributed by atoms with Crippen LogP contribution in [0.3, 0.4) is 0 Å². The molecule has 2 atom stereocenters. The Hall–Kier alpha value is -4.28. The van der Waals surface area contributed by atoms with E-state index in [-0.39, 0.29) is 23.3 Å². The lowest BCUT2D eigenvalue weighted by molar-refractivity contribution is -0.164. The van der Waals surface area contributed by atoms with Crippen LogP contribution in [-0.4, -0.2) is 65.2 Å². The molecule has 10 heteroatoms. The maximum atomic E-state index is 14.7. The summed E-state index contributed by atoms with van der Waals surface area (Å²) >= 11 is 0. The number of carbonyl (C=O) groups is 2. The molecule has 0 spiro atoms. The van der Waals surface area contributed by atoms with Gasteiger partial charge in [-0.1, -0.05) is 18.2 Å². The van der Waals surface area contributed by atoms with Gasteiger partial charge in [0.25, 0.3) is 0 Å². The zero-order chi connectivity index (χ0) is 36.7. The average molecular weight is 700 g/mol. The summed E-state index contributed by atoms with van der Waals surface area (Å²) in [6.07, 6.45) is 4.93. The molecule has 0 saturated carbocycles. The zero-order valence-electron chi connectivity index (χ0n) is 31.1. The summed E-state index contributed by atoms with van der Waals surface area (Å²) in [5.41, 5.74) is 3.88. The van der Waals surface area contributed by atoms with Crippen molar-refractivity contribution in [2.75, 3.05) is 31.7 Å². The predicted molar refractivity (Wildman–Crippen MR) is 196 cm³/mol. The van der Waals surface area contributed by atoms with Crippen LogP contribution in [0.1, 0.15) is 101 Å². The van der Waals surface area contributed by atoms with Crippen molar-refractivity contribution < 1.29 is 32.9 Å². The monoisotopic (exact) mass is 699 g/mol. The number of piperidine rings is 1. The number of hydrogen-bond donors (Lipinski definition) is 0. The number of halogens is 1. The Labute approximate surface area is 300 Å². The third-order valence-corrected chi connectivity index (χ3v) is 9.99. The first kappa shape index (κ1) is 36.5. The minimum atomic E-state index is -1.11. The molecule has 7 rings (SSSR count). The SMILES string of the molecule is COC(=O)[C@@H](OC(C)(C)C)c1c(C)c(C(C)=O)c2nc3cn2c1N1CCC(C)(CC1)OCCCC[C@H](C)Oc1ccc(F)cc1-c1cccc-3c1. The van der Waals surface area contributed by atoms with Gasteiger partial charge in [0.15, 0.2) is 11.9 Å². The van der Waals surface area contributed by atoms with Crippen LogP contribution in [0.15, 0.2) is 48.7 Å². The number of imidazole rings is 1. The molecule has 272 valence electrons. The molecule has 5 heterocycles. The fourth-order valence-electron chi connectivity index (χ4n) is 7.34. The number of methoxy groups -OCH3 is 1. The largest absolute Gasteiger partial charge is 0.490 e. The average Bonchev–Trinajstić information content (AvgIpc) is 3.51. The molecule has 0 unspecified atom stereocenters. The minimum absolute atomic E-state index is 0.0720. The van der Waals surface area contributed by atoms with E-state index in [2.05, 4.69) is 11.8 Å². The number of aromatic nitrogens is 2. The fourth-order valence-corrected chi connectivity index (χ4v) is 7.34. The van der Waals surface area contributed by atoms with Crippen molar-refractivity contribution in [1.82, 2.24) is 9.38 Å². The van der Waals surface area contributed by atoms with Crippen molar-refractivity contribution in [3.63, 3.8) is 0 Å². The standard InChI is InChI=1S/C41H50FN3O6/c1-25-12-9-10-21-49-41(7)17-19-44(20-18-41)38-35(36(39(47)48-8)51-40(4,5)6)26(2)34(27(3)46)37-43-32(24-45(37)38)29-14-11-13-28(22-29)31-23-30(42)15-16-33(31)50-25/h11,13-16,22-25,36H,9-10,12,17-21H2,1-8H3/t25-,36-/m0/s1. The first-order chi connectivity index (χ1) is 24.2. The van der Waals surface area contributed by atoms with Gasteiger partial charge in [-0.15, -0.1) is 0 Å². The van der Waals surface area contributed by atoms with E-state index in [0.717, 1.165) is 49.0 Å². The Bertz CT molecular complexity index is 1940. The van der Waals surface area contributed by atoms with E-state index >= 15 is 0 Å². The molecule has 0 radical (unpaired) electrons. The molecule has 0 amide bonds. The smallest absolute Gasteiger partial charge is 0.339 e. The number of fused-ring (bicyclic) bond motifs is 8. The van der Waals surface area contributed by atoms with Gasteiger partial charge >= 0.3 is 5.97 Å². The van der Waals surface area contributed by atoms with Crippen molar-refractivity contribution in [3.8, 4) is 28.1 Å². The van der Waals surface area contributed by atoms with Gasteiger partial charge in [0.2, 0.25) is 0 Å². The van der Waals surface area contributed by atoms with Gasteiger partial charge in [-0.05, 0) is 116 Å². The summed E-state index contributed by atoms with van der Waals surface area (Å²) < 4.78 is 41.4. The Morgan fingerprint density at radius 3 is 2.49 bits per heavy atom. The van der Waals surface area contributed by atoms with Gasteiger partial charge in [-0.25, -0.2) is 14.2 Å². The van der Waals surface area contributed by atoms with Crippen molar-refractivity contribution in [2.24, 2.45) is 0 Å². The lowest BCUT2D eigenvalue weighted by atomic mass is 9.91. The summed E-state index contributed by atoms with van der Waals surface area (Å²) in [5.74, 6) is 0.243. The van der Waals surface area contributed by atoms with E-state index in [0.29, 0.717) is 59.0 Å². The number of pyridine rings is 1. The summed E-state index contributed by atoms with van der Waals surface area (Å²) in [4.78, 5) is 34.5. The van der Waals surface area contributed by atoms with Gasteiger partial charge in [0.05, 0.1) is 35.7 Å². The predicted octanol–water partition coefficient (Wildman–Crippen LogP) is 8.67. The quantitative estimate of drug-likeness (QED) is 0.154. The molecule has 0 N–H and O–H groups in total. The van der Waals surface area contributed by atoms with Crippen molar-refractivity contribution >= 4 is 23.2 Å². The lowest BCUT2D eigenvalue weighted by Gasteiger charge is -2.42. The van der Waals surface area contributed by atoms with Gasteiger partial charge in [-0.3, -0.25) is 9.20 Å². The van der Waals surface area contributed by atoms with E-state index in [1.807, 2.05) is 69.5 Å². The van der Waals surface area contributed by atoms with E-state index in [1.165, 1.54) is 26.2 Å². The van der Waals surface area contributed by atoms with Crippen LogP contribution < -0.4 is 9.64 Å². The van der Waals surface area contributed by atoms with Crippen LogP contribution in [0, 0.1) is 12.7 Å². The highest BCUT2D eigenvalue weighted by Gasteiger charge is 2.39. The normalized spacial score (nSPS) is 20.5. The highest BCUT2D eigenvalue weighted by molar-refractivity contribution is 6.03. The number of Topliss-reactive ketones (excluding diaryl/α,β-unsaturated/α-hetero) is 1. The summed E-state index contributed by atoms with van der Waals surface area (Å²) in [5, 5.41) is 0. The highest BCUT2D eigenvalue weighted by atomic mass is 19.1. The molecular weight excluding hydrogens is 649 g/mol. The number of ether oxygens (including phenoxy) is 4. The number of rotatable bonds is 4. The minimum Gasteiger partial charge on any atom is -0.490 e. The first-order valence-electron chi connectivity index (χ1n) is 18.0. The van der Waals surface area contributed by atoms with E-state index in [9.17, 15) is 14.0 Å². The fraction of sp³-hybridized carbons (Fsp3) is 0.488. The van der Waals surface area contributed by atoms with Gasteiger partial charge in [0.1, 0.15) is 23.0 Å². The van der Waals surface area contributed by atoms with Crippen LogP contribution in [0.4, 0.5) is 10.2 Å². The molecule has 2 aromatic heterocycles. The van der Waals surface area contributed by atoms with E-state index in [1.54, 1.807) is 6.07 Å². The molecule has 4 aromatic rings. The molecule has 9 nitrogen and oxygen atoms in total. The highest BCUT2D eigenvalue weighted by Crippen LogP contribution is 2.42. The number of hydrogen-bond acceptors (Lipinski definition) is 8. The molecule has 2 aromatic carbocycles. The molecular formula is C41H50FN3O6. The first-order valence-corrected chi connectivity index (χ1v) is 18.0. The van der Waals surface area contributed by atoms with E-state index in [4.69, 9.17) is 23.9 Å². The number of benzene rings is 2.